The van der Waals surface area contributed by atoms with Gasteiger partial charge in [0.1, 0.15) is 6.04 Å². The maximum atomic E-state index is 11.4. The third-order valence-electron chi connectivity index (χ3n) is 1.33. The molecule has 0 spiro atoms. The number of nitriles is 1. The summed E-state index contributed by atoms with van der Waals surface area (Å²) in [6, 6.07) is 3.21. The second-order valence-corrected chi connectivity index (χ2v) is 4.28. The standard InChI is InChI=1S/C8H7BrN2OS/c1-5(3-10)11-8(12)7-2-6(9)4-13-7/h2,4-5H,1H3,(H,11,12). The van der Waals surface area contributed by atoms with Gasteiger partial charge in [0.25, 0.3) is 5.91 Å². The first-order chi connectivity index (χ1) is 6.13. The van der Waals surface area contributed by atoms with Crippen molar-refractivity contribution < 1.29 is 4.79 Å². The molecular weight excluding hydrogens is 252 g/mol. The van der Waals surface area contributed by atoms with Crippen LogP contribution in [0.25, 0.3) is 0 Å². The fourth-order valence-electron chi connectivity index (χ4n) is 0.732. The molecule has 1 rings (SSSR count). The molecule has 1 aromatic rings. The molecule has 0 saturated heterocycles. The Morgan fingerprint density at radius 2 is 2.54 bits per heavy atom. The number of hydrogen-bond acceptors (Lipinski definition) is 3. The Morgan fingerprint density at radius 1 is 1.85 bits per heavy atom. The van der Waals surface area contributed by atoms with Gasteiger partial charge in [-0.1, -0.05) is 0 Å². The van der Waals surface area contributed by atoms with Gasteiger partial charge in [-0.05, 0) is 28.9 Å². The van der Waals surface area contributed by atoms with Crippen molar-refractivity contribution in [3.05, 3.63) is 20.8 Å². The second-order valence-electron chi connectivity index (χ2n) is 2.45. The molecular formula is C8H7BrN2OS. The van der Waals surface area contributed by atoms with Crippen molar-refractivity contribution in [1.29, 1.82) is 5.26 Å². The molecule has 0 fully saturated rings. The Bertz CT molecular complexity index is 355. The van der Waals surface area contributed by atoms with Gasteiger partial charge in [0.05, 0.1) is 10.9 Å². The molecule has 0 radical (unpaired) electrons. The minimum absolute atomic E-state index is 0.204. The van der Waals surface area contributed by atoms with Crippen molar-refractivity contribution in [2.24, 2.45) is 0 Å². The highest BCUT2D eigenvalue weighted by molar-refractivity contribution is 9.10. The van der Waals surface area contributed by atoms with Crippen molar-refractivity contribution >= 4 is 33.2 Å². The van der Waals surface area contributed by atoms with E-state index < -0.39 is 6.04 Å². The lowest BCUT2D eigenvalue weighted by atomic mass is 10.3. The zero-order valence-electron chi connectivity index (χ0n) is 6.87. The maximum absolute atomic E-state index is 11.4. The Kier molecular flexibility index (Phi) is 3.46. The summed E-state index contributed by atoms with van der Waals surface area (Å²) in [6.07, 6.45) is 0. The summed E-state index contributed by atoms with van der Waals surface area (Å²) >= 11 is 4.59. The summed E-state index contributed by atoms with van der Waals surface area (Å²) in [5.41, 5.74) is 0. The molecule has 68 valence electrons. The molecule has 0 saturated carbocycles. The average Bonchev–Trinajstić information content (AvgIpc) is 2.51. The second kappa shape index (κ2) is 4.40. The number of nitrogens with one attached hydrogen (secondary N) is 1. The zero-order valence-corrected chi connectivity index (χ0v) is 9.28. The molecule has 0 aliphatic rings. The molecule has 0 aliphatic heterocycles. The molecule has 1 unspecified atom stereocenters. The van der Waals surface area contributed by atoms with Gasteiger partial charge in [-0.2, -0.15) is 5.26 Å². The number of carbonyl (C=O) groups excluding carboxylic acids is 1. The highest BCUT2D eigenvalue weighted by atomic mass is 79.9. The fraction of sp³-hybridized carbons (Fsp3) is 0.250. The Morgan fingerprint density at radius 3 is 3.00 bits per heavy atom. The Balaban J connectivity index is 2.65. The molecule has 1 aromatic heterocycles. The lowest BCUT2D eigenvalue weighted by Gasteiger charge is -2.03. The largest absolute Gasteiger partial charge is 0.336 e. The number of halogens is 1. The van der Waals surface area contributed by atoms with Crippen LogP contribution >= 0.6 is 27.3 Å². The molecule has 1 atom stereocenters. The predicted octanol–water partition coefficient (Wildman–Crippen LogP) is 2.15. The smallest absolute Gasteiger partial charge is 0.262 e. The van der Waals surface area contributed by atoms with Crippen LogP contribution in [0.15, 0.2) is 15.9 Å². The molecule has 3 nitrogen and oxygen atoms in total. The van der Waals surface area contributed by atoms with E-state index >= 15 is 0 Å². The highest BCUT2D eigenvalue weighted by Crippen LogP contribution is 2.19. The fourth-order valence-corrected chi connectivity index (χ4v) is 2.06. The zero-order chi connectivity index (χ0) is 9.84. The molecule has 0 bridgehead atoms. The topological polar surface area (TPSA) is 52.9 Å². The number of carbonyl (C=O) groups is 1. The third-order valence-corrected chi connectivity index (χ3v) is 3.02. The monoisotopic (exact) mass is 258 g/mol. The van der Waals surface area contributed by atoms with Gasteiger partial charge < -0.3 is 5.32 Å². The van der Waals surface area contributed by atoms with Crippen LogP contribution in [0, 0.1) is 11.3 Å². The number of nitrogens with zero attached hydrogens (tertiary/aromatic N) is 1. The summed E-state index contributed by atoms with van der Waals surface area (Å²) in [6.45, 7) is 1.64. The van der Waals surface area contributed by atoms with E-state index in [1.807, 2.05) is 11.4 Å². The molecule has 0 aliphatic carbocycles. The van der Waals surface area contributed by atoms with E-state index in [0.29, 0.717) is 4.88 Å². The first kappa shape index (κ1) is 10.2. The minimum Gasteiger partial charge on any atom is -0.336 e. The lowest BCUT2D eigenvalue weighted by Crippen LogP contribution is -2.30. The van der Waals surface area contributed by atoms with Crippen LogP contribution in [0.5, 0.6) is 0 Å². The molecule has 1 heterocycles. The van der Waals surface area contributed by atoms with Gasteiger partial charge in [-0.3, -0.25) is 4.79 Å². The quantitative estimate of drug-likeness (QED) is 0.884. The number of thiophene rings is 1. The Labute approximate surface area is 88.5 Å². The number of rotatable bonds is 2. The first-order valence-electron chi connectivity index (χ1n) is 3.58. The summed E-state index contributed by atoms with van der Waals surface area (Å²) in [5.74, 6) is -0.204. The van der Waals surface area contributed by atoms with Crippen molar-refractivity contribution in [2.45, 2.75) is 13.0 Å². The number of amides is 1. The lowest BCUT2D eigenvalue weighted by molar-refractivity contribution is 0.0952. The van der Waals surface area contributed by atoms with E-state index in [9.17, 15) is 4.79 Å². The van der Waals surface area contributed by atoms with Crippen LogP contribution in [0.2, 0.25) is 0 Å². The first-order valence-corrected chi connectivity index (χ1v) is 5.25. The summed E-state index contributed by atoms with van der Waals surface area (Å²) in [5, 5.41) is 12.8. The SMILES string of the molecule is CC(C#N)NC(=O)c1cc(Br)cs1. The van der Waals surface area contributed by atoms with Crippen LogP contribution < -0.4 is 5.32 Å². The van der Waals surface area contributed by atoms with Gasteiger partial charge in [-0.15, -0.1) is 11.3 Å². The van der Waals surface area contributed by atoms with E-state index in [1.54, 1.807) is 13.0 Å². The normalized spacial score (nSPS) is 11.8. The van der Waals surface area contributed by atoms with E-state index in [0.717, 1.165) is 4.47 Å². The van der Waals surface area contributed by atoms with Gasteiger partial charge in [0, 0.05) is 9.85 Å². The van der Waals surface area contributed by atoms with E-state index in [4.69, 9.17) is 5.26 Å². The molecule has 0 aromatic carbocycles. The summed E-state index contributed by atoms with van der Waals surface area (Å²) < 4.78 is 0.882. The van der Waals surface area contributed by atoms with Gasteiger partial charge >= 0.3 is 0 Å². The van der Waals surface area contributed by atoms with Crippen molar-refractivity contribution in [3.63, 3.8) is 0 Å². The summed E-state index contributed by atoms with van der Waals surface area (Å²) in [7, 11) is 0. The van der Waals surface area contributed by atoms with E-state index in [1.165, 1.54) is 11.3 Å². The van der Waals surface area contributed by atoms with Crippen molar-refractivity contribution in [1.82, 2.24) is 5.32 Å². The predicted molar refractivity (Wildman–Crippen MR) is 54.6 cm³/mol. The minimum atomic E-state index is -0.451. The van der Waals surface area contributed by atoms with E-state index in [-0.39, 0.29) is 5.91 Å². The highest BCUT2D eigenvalue weighted by Gasteiger charge is 2.10. The van der Waals surface area contributed by atoms with Crippen LogP contribution in [0.1, 0.15) is 16.6 Å². The van der Waals surface area contributed by atoms with Gasteiger partial charge in [-0.25, -0.2) is 0 Å². The van der Waals surface area contributed by atoms with Crippen LogP contribution in [-0.4, -0.2) is 11.9 Å². The maximum Gasteiger partial charge on any atom is 0.262 e. The van der Waals surface area contributed by atoms with Gasteiger partial charge in [0.2, 0.25) is 0 Å². The Hall–Kier alpha value is -0.860. The molecule has 13 heavy (non-hydrogen) atoms. The molecule has 5 heteroatoms. The molecule has 1 amide bonds. The van der Waals surface area contributed by atoms with E-state index in [2.05, 4.69) is 21.2 Å². The van der Waals surface area contributed by atoms with Crippen LogP contribution in [-0.2, 0) is 0 Å². The van der Waals surface area contributed by atoms with Crippen LogP contribution in [0.4, 0.5) is 0 Å². The average molecular weight is 259 g/mol. The third kappa shape index (κ3) is 2.83. The molecule has 1 N–H and O–H groups in total. The number of hydrogen-bond donors (Lipinski definition) is 1. The van der Waals surface area contributed by atoms with Crippen molar-refractivity contribution in [2.75, 3.05) is 0 Å². The van der Waals surface area contributed by atoms with Crippen molar-refractivity contribution in [3.8, 4) is 6.07 Å². The summed E-state index contributed by atoms with van der Waals surface area (Å²) in [4.78, 5) is 12.0. The van der Waals surface area contributed by atoms with Gasteiger partial charge in [0.15, 0.2) is 0 Å². The van der Waals surface area contributed by atoms with Crippen LogP contribution in [0.3, 0.4) is 0 Å².